The number of hydrogen-bond acceptors (Lipinski definition) is 3. The van der Waals surface area contributed by atoms with Crippen LogP contribution in [-0.2, 0) is 4.79 Å². The number of aryl methyl sites for hydroxylation is 1. The summed E-state index contributed by atoms with van der Waals surface area (Å²) in [5, 5.41) is 6.40. The summed E-state index contributed by atoms with van der Waals surface area (Å²) in [6, 6.07) is 8.52. The highest BCUT2D eigenvalue weighted by Crippen LogP contribution is 2.15. The van der Waals surface area contributed by atoms with Crippen molar-refractivity contribution in [2.45, 2.75) is 33.1 Å². The molecule has 4 nitrogen and oxygen atoms in total. The van der Waals surface area contributed by atoms with E-state index in [0.29, 0.717) is 18.9 Å². The molecule has 2 rings (SSSR count). The largest absolute Gasteiger partial charge is 0.370 e. The lowest BCUT2D eigenvalue weighted by Crippen LogP contribution is -2.35. The standard InChI is InChI=1S/C18H29N3O.2ClH/c1-3-21(17-6-4-5-15(2)13-17)12-11-20-18(22)8-7-16-9-10-19-14-16;;/h4-6,13,16,19H,3,7-12,14H2,1-2H3,(H,20,22);2*1H. The molecular formula is C18H31Cl2N3O. The number of nitrogens with one attached hydrogen (secondary N) is 2. The number of likely N-dealkylation sites (N-methyl/N-ethyl adjacent to an activating group) is 1. The quantitative estimate of drug-likeness (QED) is 0.733. The zero-order valence-electron chi connectivity index (χ0n) is 14.7. The molecule has 0 spiro atoms. The molecule has 1 saturated heterocycles. The monoisotopic (exact) mass is 375 g/mol. The highest BCUT2D eigenvalue weighted by molar-refractivity contribution is 5.85. The van der Waals surface area contributed by atoms with E-state index in [4.69, 9.17) is 0 Å². The van der Waals surface area contributed by atoms with Crippen LogP contribution < -0.4 is 15.5 Å². The van der Waals surface area contributed by atoms with Crippen molar-refractivity contribution in [1.29, 1.82) is 0 Å². The van der Waals surface area contributed by atoms with Gasteiger partial charge >= 0.3 is 0 Å². The molecule has 1 atom stereocenters. The van der Waals surface area contributed by atoms with E-state index in [1.807, 2.05) is 0 Å². The summed E-state index contributed by atoms with van der Waals surface area (Å²) in [6.45, 7) is 8.96. The van der Waals surface area contributed by atoms with E-state index < -0.39 is 0 Å². The number of amides is 1. The molecule has 1 amide bonds. The molecule has 2 N–H and O–H groups in total. The van der Waals surface area contributed by atoms with Crippen LogP contribution >= 0.6 is 24.8 Å². The minimum Gasteiger partial charge on any atom is -0.370 e. The predicted molar refractivity (Wildman–Crippen MR) is 107 cm³/mol. The first-order chi connectivity index (χ1) is 10.7. The zero-order chi connectivity index (χ0) is 15.8. The van der Waals surface area contributed by atoms with Crippen LogP contribution in [-0.4, -0.2) is 38.6 Å². The highest BCUT2D eigenvalue weighted by Gasteiger charge is 2.15. The fourth-order valence-electron chi connectivity index (χ4n) is 3.01. The molecule has 24 heavy (non-hydrogen) atoms. The SMILES string of the molecule is CCN(CCNC(=O)CCC1CCNC1)c1cccc(C)c1.Cl.Cl. The number of halogens is 2. The van der Waals surface area contributed by atoms with E-state index in [0.717, 1.165) is 32.6 Å². The molecule has 1 aromatic rings. The Morgan fingerprint density at radius 1 is 1.38 bits per heavy atom. The second-order valence-electron chi connectivity index (χ2n) is 6.17. The molecule has 0 aliphatic carbocycles. The summed E-state index contributed by atoms with van der Waals surface area (Å²) in [6.07, 6.45) is 2.88. The Morgan fingerprint density at radius 2 is 2.17 bits per heavy atom. The fourth-order valence-corrected chi connectivity index (χ4v) is 3.01. The van der Waals surface area contributed by atoms with Gasteiger partial charge in [-0.1, -0.05) is 12.1 Å². The average molecular weight is 376 g/mol. The molecule has 1 aliphatic rings. The smallest absolute Gasteiger partial charge is 0.220 e. The van der Waals surface area contributed by atoms with Gasteiger partial charge in [-0.2, -0.15) is 0 Å². The van der Waals surface area contributed by atoms with Crippen LogP contribution in [0.5, 0.6) is 0 Å². The molecule has 0 aromatic heterocycles. The normalized spacial score (nSPS) is 16.0. The van der Waals surface area contributed by atoms with E-state index in [2.05, 4.69) is 53.6 Å². The third kappa shape index (κ3) is 7.73. The first-order valence-corrected chi connectivity index (χ1v) is 8.48. The Morgan fingerprint density at radius 3 is 2.79 bits per heavy atom. The highest BCUT2D eigenvalue weighted by atomic mass is 35.5. The van der Waals surface area contributed by atoms with Crippen molar-refractivity contribution in [1.82, 2.24) is 10.6 Å². The first kappa shape index (κ1) is 23.0. The van der Waals surface area contributed by atoms with E-state index in [9.17, 15) is 4.79 Å². The summed E-state index contributed by atoms with van der Waals surface area (Å²) in [4.78, 5) is 14.2. The molecule has 6 heteroatoms. The Kier molecular flexibility index (Phi) is 11.9. The van der Waals surface area contributed by atoms with Crippen molar-refractivity contribution in [3.05, 3.63) is 29.8 Å². The van der Waals surface area contributed by atoms with Crippen LogP contribution in [0.2, 0.25) is 0 Å². The number of hydrogen-bond donors (Lipinski definition) is 2. The maximum Gasteiger partial charge on any atom is 0.220 e. The number of carbonyl (C=O) groups excluding carboxylic acids is 1. The number of anilines is 1. The second kappa shape index (κ2) is 12.4. The molecule has 0 radical (unpaired) electrons. The van der Waals surface area contributed by atoms with Gasteiger partial charge in [-0.05, 0) is 63.4 Å². The van der Waals surface area contributed by atoms with Crippen molar-refractivity contribution in [3.63, 3.8) is 0 Å². The maximum atomic E-state index is 11.9. The molecular weight excluding hydrogens is 345 g/mol. The maximum absolute atomic E-state index is 11.9. The van der Waals surface area contributed by atoms with Gasteiger partial charge in [0.15, 0.2) is 0 Å². The summed E-state index contributed by atoms with van der Waals surface area (Å²) >= 11 is 0. The average Bonchev–Trinajstić information content (AvgIpc) is 3.03. The molecule has 0 saturated carbocycles. The third-order valence-corrected chi connectivity index (χ3v) is 4.39. The summed E-state index contributed by atoms with van der Waals surface area (Å²) in [7, 11) is 0. The van der Waals surface area contributed by atoms with Crippen LogP contribution in [0.3, 0.4) is 0 Å². The topological polar surface area (TPSA) is 44.4 Å². The molecule has 1 aromatic carbocycles. The lowest BCUT2D eigenvalue weighted by atomic mass is 10.0. The summed E-state index contributed by atoms with van der Waals surface area (Å²) in [5.41, 5.74) is 2.50. The van der Waals surface area contributed by atoms with Crippen LogP contribution in [0.15, 0.2) is 24.3 Å². The number of benzene rings is 1. The van der Waals surface area contributed by atoms with Gasteiger partial charge in [-0.25, -0.2) is 0 Å². The van der Waals surface area contributed by atoms with E-state index >= 15 is 0 Å². The van der Waals surface area contributed by atoms with Gasteiger partial charge in [0.1, 0.15) is 0 Å². The lowest BCUT2D eigenvalue weighted by Gasteiger charge is -2.23. The van der Waals surface area contributed by atoms with Gasteiger partial charge in [-0.15, -0.1) is 24.8 Å². The van der Waals surface area contributed by atoms with Crippen molar-refractivity contribution < 1.29 is 4.79 Å². The van der Waals surface area contributed by atoms with Gasteiger partial charge in [0.2, 0.25) is 5.91 Å². The van der Waals surface area contributed by atoms with Crippen LogP contribution in [0.1, 0.15) is 31.7 Å². The molecule has 1 heterocycles. The Balaban J connectivity index is 0.00000264. The van der Waals surface area contributed by atoms with Crippen LogP contribution in [0.25, 0.3) is 0 Å². The first-order valence-electron chi connectivity index (χ1n) is 8.48. The van der Waals surface area contributed by atoms with Gasteiger partial charge in [0.25, 0.3) is 0 Å². The molecule has 0 bridgehead atoms. The van der Waals surface area contributed by atoms with Crippen LogP contribution in [0.4, 0.5) is 5.69 Å². The van der Waals surface area contributed by atoms with Crippen molar-refractivity contribution in [3.8, 4) is 0 Å². The van der Waals surface area contributed by atoms with Crippen molar-refractivity contribution >= 4 is 36.4 Å². The predicted octanol–water partition coefficient (Wildman–Crippen LogP) is 3.17. The molecule has 1 fully saturated rings. The second-order valence-corrected chi connectivity index (χ2v) is 6.17. The third-order valence-electron chi connectivity index (χ3n) is 4.39. The van der Waals surface area contributed by atoms with Gasteiger partial charge in [0.05, 0.1) is 0 Å². The van der Waals surface area contributed by atoms with E-state index in [1.165, 1.54) is 17.7 Å². The van der Waals surface area contributed by atoms with Gasteiger partial charge in [0, 0.05) is 31.7 Å². The molecule has 1 unspecified atom stereocenters. The minimum atomic E-state index is 0. The number of rotatable bonds is 8. The fraction of sp³-hybridized carbons (Fsp3) is 0.611. The Hall–Kier alpha value is -0.970. The molecule has 138 valence electrons. The van der Waals surface area contributed by atoms with Crippen molar-refractivity contribution in [2.75, 3.05) is 37.6 Å². The van der Waals surface area contributed by atoms with E-state index in [1.54, 1.807) is 0 Å². The Labute approximate surface area is 158 Å². The van der Waals surface area contributed by atoms with E-state index in [-0.39, 0.29) is 30.7 Å². The van der Waals surface area contributed by atoms with Gasteiger partial charge in [-0.3, -0.25) is 4.79 Å². The van der Waals surface area contributed by atoms with Gasteiger partial charge < -0.3 is 15.5 Å². The minimum absolute atomic E-state index is 0. The zero-order valence-corrected chi connectivity index (χ0v) is 16.3. The number of carbonyl (C=O) groups is 1. The summed E-state index contributed by atoms with van der Waals surface area (Å²) in [5.74, 6) is 0.873. The number of nitrogens with zero attached hydrogens (tertiary/aromatic N) is 1. The van der Waals surface area contributed by atoms with Crippen molar-refractivity contribution in [2.24, 2.45) is 5.92 Å². The summed E-state index contributed by atoms with van der Waals surface area (Å²) < 4.78 is 0. The Bertz CT molecular complexity index is 479. The lowest BCUT2D eigenvalue weighted by molar-refractivity contribution is -0.121. The van der Waals surface area contributed by atoms with Crippen LogP contribution in [0, 0.1) is 12.8 Å². The molecule has 1 aliphatic heterocycles.